The maximum atomic E-state index is 10.1. The Balaban J connectivity index is 0.000000146. The lowest BCUT2D eigenvalue weighted by Gasteiger charge is -2.21. The SMILES string of the molecule is C1CSCCN1.O=CN1CCSCC1. The van der Waals surface area contributed by atoms with Crippen molar-refractivity contribution in [3.05, 3.63) is 0 Å². The van der Waals surface area contributed by atoms with Gasteiger partial charge in [0.1, 0.15) is 0 Å². The van der Waals surface area contributed by atoms with Gasteiger partial charge in [-0.1, -0.05) is 0 Å². The second-order valence-corrected chi connectivity index (χ2v) is 5.57. The number of amides is 1. The highest BCUT2D eigenvalue weighted by molar-refractivity contribution is 7.99. The monoisotopic (exact) mass is 234 g/mol. The molecule has 0 aromatic rings. The van der Waals surface area contributed by atoms with Crippen molar-refractivity contribution in [3.63, 3.8) is 0 Å². The number of nitrogens with zero attached hydrogens (tertiary/aromatic N) is 1. The maximum absolute atomic E-state index is 10.1. The maximum Gasteiger partial charge on any atom is 0.209 e. The van der Waals surface area contributed by atoms with E-state index in [9.17, 15) is 4.79 Å². The fraction of sp³-hybridized carbons (Fsp3) is 0.889. The van der Waals surface area contributed by atoms with Crippen LogP contribution in [0.1, 0.15) is 0 Å². The number of carbonyl (C=O) groups excluding carboxylic acids is 1. The van der Waals surface area contributed by atoms with Gasteiger partial charge in [-0.2, -0.15) is 23.5 Å². The zero-order valence-corrected chi connectivity index (χ0v) is 10.0. The molecule has 0 aromatic carbocycles. The van der Waals surface area contributed by atoms with Crippen LogP contribution in [-0.4, -0.2) is 60.5 Å². The van der Waals surface area contributed by atoms with E-state index in [2.05, 4.69) is 5.32 Å². The molecule has 0 aliphatic carbocycles. The Hall–Kier alpha value is 0.130. The average Bonchev–Trinajstić information content (AvgIpc) is 2.33. The van der Waals surface area contributed by atoms with Gasteiger partial charge in [-0.25, -0.2) is 0 Å². The lowest BCUT2D eigenvalue weighted by Crippen LogP contribution is -2.30. The first-order valence-corrected chi connectivity index (χ1v) is 7.30. The molecule has 1 amide bonds. The van der Waals surface area contributed by atoms with Crippen molar-refractivity contribution in [2.75, 3.05) is 49.2 Å². The third kappa shape index (κ3) is 5.78. The molecule has 0 spiro atoms. The summed E-state index contributed by atoms with van der Waals surface area (Å²) >= 11 is 3.95. The molecule has 0 aromatic heterocycles. The van der Waals surface area contributed by atoms with Crippen molar-refractivity contribution in [3.8, 4) is 0 Å². The number of hydrogen-bond donors (Lipinski definition) is 1. The van der Waals surface area contributed by atoms with Crippen molar-refractivity contribution < 1.29 is 4.79 Å². The number of thioether (sulfide) groups is 2. The van der Waals surface area contributed by atoms with Crippen LogP contribution >= 0.6 is 23.5 Å². The second-order valence-electron chi connectivity index (χ2n) is 3.12. The molecule has 2 rings (SSSR count). The minimum atomic E-state index is 0.930. The Morgan fingerprint density at radius 3 is 1.86 bits per heavy atom. The molecule has 0 atom stereocenters. The van der Waals surface area contributed by atoms with Crippen molar-refractivity contribution in [2.45, 2.75) is 0 Å². The first kappa shape index (κ1) is 12.2. The number of carbonyl (C=O) groups is 1. The molecule has 82 valence electrons. The Kier molecular flexibility index (Phi) is 7.35. The Labute approximate surface area is 94.4 Å². The van der Waals surface area contributed by atoms with Crippen molar-refractivity contribution >= 4 is 29.9 Å². The minimum Gasteiger partial charge on any atom is -0.344 e. The van der Waals surface area contributed by atoms with E-state index in [0.717, 1.165) is 31.0 Å². The van der Waals surface area contributed by atoms with Gasteiger partial charge in [0.05, 0.1) is 0 Å². The van der Waals surface area contributed by atoms with E-state index in [1.165, 1.54) is 24.6 Å². The van der Waals surface area contributed by atoms with Crippen LogP contribution in [-0.2, 0) is 4.79 Å². The van der Waals surface area contributed by atoms with Crippen LogP contribution in [0, 0.1) is 0 Å². The first-order chi connectivity index (χ1) is 6.93. The topological polar surface area (TPSA) is 32.3 Å². The lowest BCUT2D eigenvalue weighted by molar-refractivity contribution is -0.117. The van der Waals surface area contributed by atoms with Gasteiger partial charge in [0.2, 0.25) is 6.41 Å². The third-order valence-corrected chi connectivity index (χ3v) is 3.97. The van der Waals surface area contributed by atoms with E-state index in [0.29, 0.717) is 0 Å². The van der Waals surface area contributed by atoms with Crippen LogP contribution in [0.4, 0.5) is 0 Å². The third-order valence-electron chi connectivity index (χ3n) is 2.04. The Bertz CT molecular complexity index is 136. The van der Waals surface area contributed by atoms with Gasteiger partial charge in [0.15, 0.2) is 0 Å². The van der Waals surface area contributed by atoms with Crippen LogP contribution in [0.15, 0.2) is 0 Å². The van der Waals surface area contributed by atoms with E-state index >= 15 is 0 Å². The molecule has 0 bridgehead atoms. The first-order valence-electron chi connectivity index (χ1n) is 4.99. The second kappa shape index (κ2) is 8.44. The van der Waals surface area contributed by atoms with Gasteiger partial charge < -0.3 is 10.2 Å². The molecule has 2 heterocycles. The summed E-state index contributed by atoms with van der Waals surface area (Å²) in [6.07, 6.45) is 0.930. The fourth-order valence-corrected chi connectivity index (χ4v) is 2.91. The van der Waals surface area contributed by atoms with Crippen molar-refractivity contribution in [1.29, 1.82) is 0 Å². The van der Waals surface area contributed by atoms with E-state index in [-0.39, 0.29) is 0 Å². The van der Waals surface area contributed by atoms with E-state index < -0.39 is 0 Å². The fourth-order valence-electron chi connectivity index (χ4n) is 1.20. The van der Waals surface area contributed by atoms with Crippen LogP contribution in [0.3, 0.4) is 0 Å². The molecule has 2 aliphatic heterocycles. The van der Waals surface area contributed by atoms with Crippen LogP contribution in [0.25, 0.3) is 0 Å². The number of hydrogen-bond acceptors (Lipinski definition) is 4. The smallest absolute Gasteiger partial charge is 0.209 e. The summed E-state index contributed by atoms with van der Waals surface area (Å²) in [5.41, 5.74) is 0. The van der Waals surface area contributed by atoms with Gasteiger partial charge in [0, 0.05) is 49.2 Å². The Morgan fingerprint density at radius 2 is 1.57 bits per heavy atom. The van der Waals surface area contributed by atoms with Gasteiger partial charge in [-0.3, -0.25) is 4.79 Å². The molecular weight excluding hydrogens is 216 g/mol. The average molecular weight is 234 g/mol. The van der Waals surface area contributed by atoms with Crippen molar-refractivity contribution in [1.82, 2.24) is 10.2 Å². The van der Waals surface area contributed by atoms with Gasteiger partial charge in [-0.05, 0) is 0 Å². The molecule has 5 heteroatoms. The summed E-state index contributed by atoms with van der Waals surface area (Å²) in [7, 11) is 0. The highest BCUT2D eigenvalue weighted by Gasteiger charge is 2.05. The van der Waals surface area contributed by atoms with Crippen LogP contribution in [0.2, 0.25) is 0 Å². The molecule has 1 N–H and O–H groups in total. The lowest BCUT2D eigenvalue weighted by atomic mass is 10.5. The molecule has 3 nitrogen and oxygen atoms in total. The molecule has 2 aliphatic rings. The van der Waals surface area contributed by atoms with Crippen LogP contribution < -0.4 is 5.32 Å². The van der Waals surface area contributed by atoms with Gasteiger partial charge in [0.25, 0.3) is 0 Å². The molecule has 0 saturated carbocycles. The molecular formula is C9H18N2OS2. The minimum absolute atomic E-state index is 0.930. The summed E-state index contributed by atoms with van der Waals surface area (Å²) in [6.45, 7) is 4.30. The van der Waals surface area contributed by atoms with Crippen LogP contribution in [0.5, 0.6) is 0 Å². The molecule has 2 fully saturated rings. The molecule has 0 radical (unpaired) electrons. The zero-order valence-electron chi connectivity index (χ0n) is 8.41. The Morgan fingerprint density at radius 1 is 1.00 bits per heavy atom. The van der Waals surface area contributed by atoms with Gasteiger partial charge >= 0.3 is 0 Å². The summed E-state index contributed by atoms with van der Waals surface area (Å²) in [5, 5.41) is 3.26. The normalized spacial score (nSPS) is 22.1. The predicted molar refractivity (Wildman–Crippen MR) is 65.2 cm³/mol. The van der Waals surface area contributed by atoms with E-state index in [1.54, 1.807) is 0 Å². The summed E-state index contributed by atoms with van der Waals surface area (Å²) in [4.78, 5) is 11.9. The quantitative estimate of drug-likeness (QED) is 0.670. The summed E-state index contributed by atoms with van der Waals surface area (Å²) < 4.78 is 0. The van der Waals surface area contributed by atoms with Gasteiger partial charge in [-0.15, -0.1) is 0 Å². The highest BCUT2D eigenvalue weighted by Crippen LogP contribution is 2.06. The largest absolute Gasteiger partial charge is 0.344 e. The zero-order chi connectivity index (χ0) is 10.1. The van der Waals surface area contributed by atoms with E-state index in [4.69, 9.17) is 0 Å². The summed E-state index contributed by atoms with van der Waals surface area (Å²) in [5.74, 6) is 4.83. The number of rotatable bonds is 1. The summed E-state index contributed by atoms with van der Waals surface area (Å²) in [6, 6.07) is 0. The highest BCUT2D eigenvalue weighted by atomic mass is 32.2. The standard InChI is InChI=1S/C5H9NOS.C4H9NS/c7-5-6-1-3-8-4-2-6;1-3-6-4-2-5-1/h5H,1-4H2;5H,1-4H2. The molecule has 2 saturated heterocycles. The molecule has 14 heavy (non-hydrogen) atoms. The van der Waals surface area contributed by atoms with Crippen molar-refractivity contribution in [2.24, 2.45) is 0 Å². The number of nitrogens with one attached hydrogen (secondary N) is 1. The van der Waals surface area contributed by atoms with E-state index in [1.807, 2.05) is 28.4 Å². The predicted octanol–water partition coefficient (Wildman–Crippen LogP) is 0.514. The molecule has 0 unspecified atom stereocenters.